The number of carboxylic acid groups (broad SMARTS) is 1. The molecule has 104 valence electrons. The third-order valence-electron chi connectivity index (χ3n) is 3.42. The number of hydrogen-bond acceptors (Lipinski definition) is 3. The standard InChI is InChI=1S/C13H24N2O3/c1-10-5-4-6-15(7-10)12(16)9-14(3)8-11(2)13(17)18/h10-11H,4-9H2,1-3H3,(H,17,18). The van der Waals surface area contributed by atoms with Crippen LogP contribution in [0.3, 0.4) is 0 Å². The van der Waals surface area contributed by atoms with Crippen LogP contribution in [0.4, 0.5) is 0 Å². The fraction of sp³-hybridized carbons (Fsp3) is 0.846. The normalized spacial score (nSPS) is 22.0. The average molecular weight is 256 g/mol. The predicted octanol–water partition coefficient (Wildman–Crippen LogP) is 0.897. The maximum atomic E-state index is 12.0. The van der Waals surface area contributed by atoms with Crippen LogP contribution < -0.4 is 0 Å². The molecule has 1 N–H and O–H groups in total. The van der Waals surface area contributed by atoms with Crippen LogP contribution >= 0.6 is 0 Å². The number of piperidine rings is 1. The van der Waals surface area contributed by atoms with Crippen LogP contribution in [0, 0.1) is 11.8 Å². The van der Waals surface area contributed by atoms with Crippen LogP contribution in [0.2, 0.25) is 0 Å². The van der Waals surface area contributed by atoms with Crippen molar-refractivity contribution in [3.63, 3.8) is 0 Å². The first-order valence-electron chi connectivity index (χ1n) is 6.59. The highest BCUT2D eigenvalue weighted by molar-refractivity contribution is 5.78. The Kier molecular flexibility index (Phi) is 5.59. The molecule has 0 spiro atoms. The van der Waals surface area contributed by atoms with Gasteiger partial charge in [0.25, 0.3) is 0 Å². The number of carbonyl (C=O) groups excluding carboxylic acids is 1. The summed E-state index contributed by atoms with van der Waals surface area (Å²) in [5.41, 5.74) is 0. The third-order valence-corrected chi connectivity index (χ3v) is 3.42. The van der Waals surface area contributed by atoms with Crippen LogP contribution in [0.1, 0.15) is 26.7 Å². The number of aliphatic carboxylic acids is 1. The molecule has 18 heavy (non-hydrogen) atoms. The lowest BCUT2D eigenvalue weighted by atomic mass is 10.0. The van der Waals surface area contributed by atoms with Gasteiger partial charge in [0.05, 0.1) is 12.5 Å². The van der Waals surface area contributed by atoms with Gasteiger partial charge in [-0.05, 0) is 25.8 Å². The van der Waals surface area contributed by atoms with Gasteiger partial charge in [-0.1, -0.05) is 13.8 Å². The Morgan fingerprint density at radius 1 is 1.50 bits per heavy atom. The summed E-state index contributed by atoms with van der Waals surface area (Å²) in [5, 5.41) is 8.83. The van der Waals surface area contributed by atoms with Crippen LogP contribution in [0.15, 0.2) is 0 Å². The molecular weight excluding hydrogens is 232 g/mol. The van der Waals surface area contributed by atoms with Gasteiger partial charge in [-0.3, -0.25) is 14.5 Å². The molecule has 0 aromatic rings. The van der Waals surface area contributed by atoms with Crippen LogP contribution in [0.5, 0.6) is 0 Å². The topological polar surface area (TPSA) is 60.9 Å². The van der Waals surface area contributed by atoms with Crippen molar-refractivity contribution in [2.75, 3.05) is 33.2 Å². The molecule has 1 saturated heterocycles. The first-order valence-corrected chi connectivity index (χ1v) is 6.59. The number of likely N-dealkylation sites (N-methyl/N-ethyl adjacent to an activating group) is 1. The molecule has 2 unspecified atom stereocenters. The van der Waals surface area contributed by atoms with Gasteiger partial charge < -0.3 is 10.0 Å². The Bertz CT molecular complexity index is 307. The summed E-state index contributed by atoms with van der Waals surface area (Å²) < 4.78 is 0. The lowest BCUT2D eigenvalue weighted by Crippen LogP contribution is -2.44. The van der Waals surface area contributed by atoms with Crippen molar-refractivity contribution < 1.29 is 14.7 Å². The molecular formula is C13H24N2O3. The van der Waals surface area contributed by atoms with E-state index < -0.39 is 11.9 Å². The molecule has 1 aliphatic rings. The number of carboxylic acids is 1. The van der Waals surface area contributed by atoms with Crippen molar-refractivity contribution in [2.24, 2.45) is 11.8 Å². The van der Waals surface area contributed by atoms with Gasteiger partial charge in [-0.15, -0.1) is 0 Å². The summed E-state index contributed by atoms with van der Waals surface area (Å²) in [7, 11) is 1.80. The fourth-order valence-corrected chi connectivity index (χ4v) is 2.36. The summed E-state index contributed by atoms with van der Waals surface area (Å²) in [4.78, 5) is 26.5. The Labute approximate surface area is 109 Å². The summed E-state index contributed by atoms with van der Waals surface area (Å²) in [6.45, 7) is 6.21. The summed E-state index contributed by atoms with van der Waals surface area (Å²) in [6.07, 6.45) is 2.26. The second kappa shape index (κ2) is 6.73. The second-order valence-electron chi connectivity index (χ2n) is 5.52. The van der Waals surface area contributed by atoms with E-state index in [1.165, 1.54) is 6.42 Å². The summed E-state index contributed by atoms with van der Waals surface area (Å²) >= 11 is 0. The zero-order valence-corrected chi connectivity index (χ0v) is 11.6. The van der Waals surface area contributed by atoms with E-state index in [4.69, 9.17) is 5.11 Å². The average Bonchev–Trinajstić information content (AvgIpc) is 2.28. The van der Waals surface area contributed by atoms with E-state index in [-0.39, 0.29) is 5.91 Å². The third kappa shape index (κ3) is 4.64. The maximum absolute atomic E-state index is 12.0. The quantitative estimate of drug-likeness (QED) is 0.794. The lowest BCUT2D eigenvalue weighted by Gasteiger charge is -2.32. The molecule has 5 heteroatoms. The lowest BCUT2D eigenvalue weighted by molar-refractivity contribution is -0.142. The van der Waals surface area contributed by atoms with Crippen molar-refractivity contribution in [3.05, 3.63) is 0 Å². The molecule has 1 fully saturated rings. The highest BCUT2D eigenvalue weighted by atomic mass is 16.4. The Balaban J connectivity index is 2.36. The minimum absolute atomic E-state index is 0.113. The van der Waals surface area contributed by atoms with Crippen molar-refractivity contribution in [3.8, 4) is 0 Å². The largest absolute Gasteiger partial charge is 0.481 e. The van der Waals surface area contributed by atoms with Crippen LogP contribution in [-0.2, 0) is 9.59 Å². The maximum Gasteiger partial charge on any atom is 0.307 e. The fourth-order valence-electron chi connectivity index (χ4n) is 2.36. The number of hydrogen-bond donors (Lipinski definition) is 1. The van der Waals surface area contributed by atoms with E-state index in [2.05, 4.69) is 6.92 Å². The molecule has 0 aromatic heterocycles. The van der Waals surface area contributed by atoms with E-state index in [1.54, 1.807) is 18.9 Å². The van der Waals surface area contributed by atoms with Gasteiger partial charge in [-0.2, -0.15) is 0 Å². The van der Waals surface area contributed by atoms with E-state index >= 15 is 0 Å². The molecule has 0 radical (unpaired) electrons. The van der Waals surface area contributed by atoms with Crippen LogP contribution in [0.25, 0.3) is 0 Å². The van der Waals surface area contributed by atoms with Gasteiger partial charge in [0.1, 0.15) is 0 Å². The SMILES string of the molecule is CC1CCCN(C(=O)CN(C)CC(C)C(=O)O)C1. The van der Waals surface area contributed by atoms with E-state index in [0.29, 0.717) is 19.0 Å². The van der Waals surface area contributed by atoms with Crippen LogP contribution in [-0.4, -0.2) is 60.0 Å². The predicted molar refractivity (Wildman–Crippen MR) is 69.3 cm³/mol. The first-order chi connectivity index (χ1) is 8.40. The van der Waals surface area contributed by atoms with Gasteiger partial charge in [0.15, 0.2) is 0 Å². The highest BCUT2D eigenvalue weighted by Gasteiger charge is 2.22. The zero-order valence-electron chi connectivity index (χ0n) is 11.6. The van der Waals surface area contributed by atoms with Gasteiger partial charge in [0, 0.05) is 19.6 Å². The molecule has 1 heterocycles. The number of nitrogens with zero attached hydrogens (tertiary/aromatic N) is 2. The van der Waals surface area contributed by atoms with E-state index in [0.717, 1.165) is 19.5 Å². The van der Waals surface area contributed by atoms with Crippen molar-refractivity contribution in [2.45, 2.75) is 26.7 Å². The van der Waals surface area contributed by atoms with Crippen molar-refractivity contribution in [1.29, 1.82) is 0 Å². The zero-order chi connectivity index (χ0) is 13.7. The molecule has 1 rings (SSSR count). The van der Waals surface area contributed by atoms with Gasteiger partial charge in [-0.25, -0.2) is 0 Å². The molecule has 2 atom stereocenters. The molecule has 1 amide bonds. The summed E-state index contributed by atoms with van der Waals surface area (Å²) in [5.74, 6) is -0.573. The monoisotopic (exact) mass is 256 g/mol. The first kappa shape index (κ1) is 15.0. The highest BCUT2D eigenvalue weighted by Crippen LogP contribution is 2.15. The van der Waals surface area contributed by atoms with E-state index in [9.17, 15) is 9.59 Å². The minimum Gasteiger partial charge on any atom is -0.481 e. The van der Waals surface area contributed by atoms with Gasteiger partial charge >= 0.3 is 5.97 Å². The molecule has 0 aliphatic carbocycles. The Morgan fingerprint density at radius 2 is 2.17 bits per heavy atom. The molecule has 0 bridgehead atoms. The second-order valence-corrected chi connectivity index (χ2v) is 5.52. The van der Waals surface area contributed by atoms with E-state index in [1.807, 2.05) is 4.90 Å². The smallest absolute Gasteiger partial charge is 0.307 e. The summed E-state index contributed by atoms with van der Waals surface area (Å²) in [6, 6.07) is 0. The minimum atomic E-state index is -0.819. The van der Waals surface area contributed by atoms with Gasteiger partial charge in [0.2, 0.25) is 5.91 Å². The Morgan fingerprint density at radius 3 is 2.72 bits per heavy atom. The van der Waals surface area contributed by atoms with Crippen molar-refractivity contribution >= 4 is 11.9 Å². The molecule has 0 saturated carbocycles. The van der Waals surface area contributed by atoms with Crippen molar-refractivity contribution in [1.82, 2.24) is 9.80 Å². The number of amides is 1. The molecule has 1 aliphatic heterocycles. The Hall–Kier alpha value is -1.10. The number of likely N-dealkylation sites (tertiary alicyclic amines) is 1. The number of carbonyl (C=O) groups is 2. The molecule has 0 aromatic carbocycles. The molecule has 5 nitrogen and oxygen atoms in total. The number of rotatable bonds is 5.